The minimum atomic E-state index is 0.00622. The molecule has 0 spiro atoms. The Balaban J connectivity index is 2.01. The summed E-state index contributed by atoms with van der Waals surface area (Å²) in [7, 11) is 0. The Morgan fingerprint density at radius 2 is 2.28 bits per heavy atom. The molecule has 2 aromatic rings. The van der Waals surface area contributed by atoms with E-state index in [1.165, 1.54) is 10.1 Å². The lowest BCUT2D eigenvalue weighted by Crippen LogP contribution is -2.21. The second-order valence-corrected chi connectivity index (χ2v) is 5.44. The zero-order chi connectivity index (χ0) is 13.0. The van der Waals surface area contributed by atoms with Crippen molar-refractivity contribution in [2.45, 2.75) is 19.8 Å². The first kappa shape index (κ1) is 13.1. The van der Waals surface area contributed by atoms with Gasteiger partial charge in [-0.25, -0.2) is 0 Å². The van der Waals surface area contributed by atoms with Crippen LogP contribution in [0.25, 0.3) is 10.1 Å². The van der Waals surface area contributed by atoms with Crippen LogP contribution in [0, 0.1) is 5.92 Å². The number of hydrogen-bond acceptors (Lipinski definition) is 3. The fourth-order valence-electron chi connectivity index (χ4n) is 1.87. The standard InChI is InChI=1S/C14H18N2OS/c1-10(3-2-7-15)14(17)16-12-4-5-13-11(9-12)6-8-18-13/h4-6,8-10H,2-3,7,15H2,1H3,(H,16,17). The van der Waals surface area contributed by atoms with Crippen LogP contribution in [-0.2, 0) is 4.79 Å². The number of nitrogens with two attached hydrogens (primary N) is 1. The highest BCUT2D eigenvalue weighted by Crippen LogP contribution is 2.24. The molecule has 1 heterocycles. The summed E-state index contributed by atoms with van der Waals surface area (Å²) in [6, 6.07) is 8.07. The largest absolute Gasteiger partial charge is 0.330 e. The molecule has 0 saturated carbocycles. The van der Waals surface area contributed by atoms with Crippen LogP contribution in [0.15, 0.2) is 29.6 Å². The van der Waals surface area contributed by atoms with Crippen molar-refractivity contribution in [3.05, 3.63) is 29.6 Å². The first-order chi connectivity index (χ1) is 8.70. The number of fused-ring (bicyclic) bond motifs is 1. The van der Waals surface area contributed by atoms with Gasteiger partial charge in [-0.05, 0) is 54.4 Å². The van der Waals surface area contributed by atoms with Crippen LogP contribution < -0.4 is 11.1 Å². The van der Waals surface area contributed by atoms with Crippen LogP contribution in [0.3, 0.4) is 0 Å². The maximum atomic E-state index is 11.9. The summed E-state index contributed by atoms with van der Waals surface area (Å²) in [6.07, 6.45) is 1.72. The van der Waals surface area contributed by atoms with Crippen LogP contribution in [0.4, 0.5) is 5.69 Å². The molecule has 0 radical (unpaired) electrons. The lowest BCUT2D eigenvalue weighted by Gasteiger charge is -2.11. The number of hydrogen-bond donors (Lipinski definition) is 2. The maximum absolute atomic E-state index is 11.9. The van der Waals surface area contributed by atoms with E-state index in [1.54, 1.807) is 11.3 Å². The average molecular weight is 262 g/mol. The lowest BCUT2D eigenvalue weighted by atomic mass is 10.0. The Hall–Kier alpha value is -1.39. The van der Waals surface area contributed by atoms with Gasteiger partial charge in [0.25, 0.3) is 0 Å². The molecule has 0 fully saturated rings. The number of carbonyl (C=O) groups excluding carboxylic acids is 1. The molecule has 1 aromatic carbocycles. The van der Waals surface area contributed by atoms with Crippen molar-refractivity contribution in [3.63, 3.8) is 0 Å². The molecule has 2 rings (SSSR count). The zero-order valence-electron chi connectivity index (χ0n) is 10.5. The van der Waals surface area contributed by atoms with Crippen molar-refractivity contribution in [1.82, 2.24) is 0 Å². The van der Waals surface area contributed by atoms with Crippen molar-refractivity contribution >= 4 is 33.0 Å². The molecule has 1 unspecified atom stereocenters. The smallest absolute Gasteiger partial charge is 0.227 e. The van der Waals surface area contributed by atoms with Gasteiger partial charge in [0.15, 0.2) is 0 Å². The van der Waals surface area contributed by atoms with Crippen LogP contribution in [0.5, 0.6) is 0 Å². The number of nitrogens with one attached hydrogen (secondary N) is 1. The lowest BCUT2D eigenvalue weighted by molar-refractivity contribution is -0.119. The minimum absolute atomic E-state index is 0.00622. The van der Waals surface area contributed by atoms with Gasteiger partial charge in [-0.2, -0.15) is 0 Å². The van der Waals surface area contributed by atoms with Crippen molar-refractivity contribution in [2.75, 3.05) is 11.9 Å². The Labute approximate surface area is 111 Å². The normalized spacial score (nSPS) is 12.6. The van der Waals surface area contributed by atoms with E-state index < -0.39 is 0 Å². The quantitative estimate of drug-likeness (QED) is 0.869. The molecule has 96 valence electrons. The van der Waals surface area contributed by atoms with E-state index in [0.717, 1.165) is 18.5 Å². The van der Waals surface area contributed by atoms with Crippen molar-refractivity contribution in [3.8, 4) is 0 Å². The van der Waals surface area contributed by atoms with Gasteiger partial charge in [0.05, 0.1) is 0 Å². The number of benzene rings is 1. The summed E-state index contributed by atoms with van der Waals surface area (Å²) >= 11 is 1.71. The second-order valence-electron chi connectivity index (χ2n) is 4.49. The molecular weight excluding hydrogens is 244 g/mol. The molecule has 4 heteroatoms. The molecule has 0 bridgehead atoms. The second kappa shape index (κ2) is 5.98. The molecule has 3 N–H and O–H groups in total. The Morgan fingerprint density at radius 1 is 1.44 bits per heavy atom. The molecule has 1 aromatic heterocycles. The predicted molar refractivity (Wildman–Crippen MR) is 77.9 cm³/mol. The number of amides is 1. The Morgan fingerprint density at radius 3 is 3.06 bits per heavy atom. The predicted octanol–water partition coefficient (Wildman–Crippen LogP) is 3.21. The van der Waals surface area contributed by atoms with Gasteiger partial charge in [0.1, 0.15) is 0 Å². The summed E-state index contributed by atoms with van der Waals surface area (Å²) in [6.45, 7) is 2.58. The third-order valence-electron chi connectivity index (χ3n) is 3.01. The van der Waals surface area contributed by atoms with E-state index in [0.29, 0.717) is 6.54 Å². The summed E-state index contributed by atoms with van der Waals surface area (Å²) in [4.78, 5) is 11.9. The van der Waals surface area contributed by atoms with E-state index in [2.05, 4.69) is 16.8 Å². The maximum Gasteiger partial charge on any atom is 0.227 e. The molecule has 0 aliphatic rings. The molecule has 1 amide bonds. The summed E-state index contributed by atoms with van der Waals surface area (Å²) in [5, 5.41) is 6.19. The summed E-state index contributed by atoms with van der Waals surface area (Å²) in [5.41, 5.74) is 6.32. The fraction of sp³-hybridized carbons (Fsp3) is 0.357. The van der Waals surface area contributed by atoms with Crippen molar-refractivity contribution in [2.24, 2.45) is 11.7 Å². The molecule has 18 heavy (non-hydrogen) atoms. The van der Waals surface area contributed by atoms with E-state index in [1.807, 2.05) is 25.1 Å². The highest BCUT2D eigenvalue weighted by molar-refractivity contribution is 7.17. The number of thiophene rings is 1. The van der Waals surface area contributed by atoms with Gasteiger partial charge in [-0.15, -0.1) is 11.3 Å². The van der Waals surface area contributed by atoms with Crippen LogP contribution in [-0.4, -0.2) is 12.5 Å². The number of rotatable bonds is 5. The first-order valence-corrected chi connectivity index (χ1v) is 7.07. The molecule has 1 atom stereocenters. The van der Waals surface area contributed by atoms with Crippen LogP contribution in [0.1, 0.15) is 19.8 Å². The summed E-state index contributed by atoms with van der Waals surface area (Å²) < 4.78 is 1.24. The molecule has 0 aliphatic carbocycles. The zero-order valence-corrected chi connectivity index (χ0v) is 11.3. The number of carbonyl (C=O) groups is 1. The third-order valence-corrected chi connectivity index (χ3v) is 3.91. The molecule has 3 nitrogen and oxygen atoms in total. The first-order valence-electron chi connectivity index (χ1n) is 6.19. The van der Waals surface area contributed by atoms with Gasteiger partial charge in [-0.3, -0.25) is 4.79 Å². The highest BCUT2D eigenvalue weighted by atomic mass is 32.1. The van der Waals surface area contributed by atoms with Gasteiger partial charge >= 0.3 is 0 Å². The van der Waals surface area contributed by atoms with E-state index in [9.17, 15) is 4.79 Å². The van der Waals surface area contributed by atoms with Crippen molar-refractivity contribution < 1.29 is 4.79 Å². The molecule has 0 saturated heterocycles. The molecular formula is C14H18N2OS. The minimum Gasteiger partial charge on any atom is -0.330 e. The summed E-state index contributed by atoms with van der Waals surface area (Å²) in [5.74, 6) is 0.0738. The van der Waals surface area contributed by atoms with Gasteiger partial charge in [-0.1, -0.05) is 6.92 Å². The van der Waals surface area contributed by atoms with Gasteiger partial charge in [0, 0.05) is 16.3 Å². The average Bonchev–Trinajstić information content (AvgIpc) is 2.83. The van der Waals surface area contributed by atoms with E-state index in [4.69, 9.17) is 5.73 Å². The van der Waals surface area contributed by atoms with Gasteiger partial charge in [0.2, 0.25) is 5.91 Å². The van der Waals surface area contributed by atoms with E-state index in [-0.39, 0.29) is 11.8 Å². The van der Waals surface area contributed by atoms with Gasteiger partial charge < -0.3 is 11.1 Å². The third kappa shape index (κ3) is 3.09. The van der Waals surface area contributed by atoms with E-state index >= 15 is 0 Å². The topological polar surface area (TPSA) is 55.1 Å². The van der Waals surface area contributed by atoms with Crippen LogP contribution >= 0.6 is 11.3 Å². The number of anilines is 1. The highest BCUT2D eigenvalue weighted by Gasteiger charge is 2.12. The molecule has 0 aliphatic heterocycles. The van der Waals surface area contributed by atoms with Crippen LogP contribution in [0.2, 0.25) is 0 Å². The fourth-order valence-corrected chi connectivity index (χ4v) is 2.64. The Bertz CT molecular complexity index is 535. The Kier molecular flexibility index (Phi) is 4.33. The SMILES string of the molecule is CC(CCCN)C(=O)Nc1ccc2sccc2c1. The monoisotopic (exact) mass is 262 g/mol. The van der Waals surface area contributed by atoms with Crippen molar-refractivity contribution in [1.29, 1.82) is 0 Å².